The van der Waals surface area contributed by atoms with Crippen LogP contribution in [0.1, 0.15) is 28.7 Å². The first-order valence-electron chi connectivity index (χ1n) is 9.33. The van der Waals surface area contributed by atoms with E-state index < -0.39 is 0 Å². The van der Waals surface area contributed by atoms with Crippen LogP contribution in [-0.2, 0) is 17.7 Å². The molecule has 25 heavy (non-hydrogen) atoms. The fourth-order valence-corrected chi connectivity index (χ4v) is 4.28. The van der Waals surface area contributed by atoms with Crippen LogP contribution in [0.2, 0.25) is 0 Å². The molecule has 2 bridgehead atoms. The molecule has 0 radical (unpaired) electrons. The summed E-state index contributed by atoms with van der Waals surface area (Å²) in [5.41, 5.74) is 7.30. The Morgan fingerprint density at radius 2 is 1.72 bits per heavy atom. The van der Waals surface area contributed by atoms with Crippen molar-refractivity contribution in [2.75, 3.05) is 13.2 Å². The highest BCUT2D eigenvalue weighted by Gasteiger charge is 2.34. The molecule has 0 saturated carbocycles. The second kappa shape index (κ2) is 7.15. The molecule has 2 heterocycles. The lowest BCUT2D eigenvalue weighted by atomic mass is 9.87. The van der Waals surface area contributed by atoms with Crippen LogP contribution in [0.3, 0.4) is 0 Å². The van der Waals surface area contributed by atoms with Gasteiger partial charge < -0.3 is 4.74 Å². The van der Waals surface area contributed by atoms with Gasteiger partial charge in [-0.15, -0.1) is 0 Å². The van der Waals surface area contributed by atoms with E-state index in [2.05, 4.69) is 73.4 Å². The van der Waals surface area contributed by atoms with Crippen LogP contribution in [0.15, 0.2) is 60.2 Å². The molecule has 130 valence electrons. The van der Waals surface area contributed by atoms with Crippen molar-refractivity contribution >= 4 is 0 Å². The first-order valence-corrected chi connectivity index (χ1v) is 9.33. The minimum Gasteiger partial charge on any atom is -0.378 e. The molecule has 2 unspecified atom stereocenters. The summed E-state index contributed by atoms with van der Waals surface area (Å²) in [5.74, 6) is 0. The zero-order valence-electron chi connectivity index (χ0n) is 15.2. The number of nitrogens with zero attached hydrogens (tertiary/aromatic N) is 1. The van der Waals surface area contributed by atoms with Gasteiger partial charge in [0.05, 0.1) is 19.3 Å². The minimum atomic E-state index is 0.409. The van der Waals surface area contributed by atoms with E-state index in [0.29, 0.717) is 12.1 Å². The quantitative estimate of drug-likeness (QED) is 0.767. The summed E-state index contributed by atoms with van der Waals surface area (Å²) in [5, 5.41) is 0. The van der Waals surface area contributed by atoms with Crippen LogP contribution in [0, 0.1) is 13.8 Å². The Kier molecular flexibility index (Phi) is 4.74. The van der Waals surface area contributed by atoms with Gasteiger partial charge in [0.2, 0.25) is 0 Å². The Morgan fingerprint density at radius 1 is 0.960 bits per heavy atom. The van der Waals surface area contributed by atoms with Crippen LogP contribution in [0.4, 0.5) is 0 Å². The van der Waals surface area contributed by atoms with Gasteiger partial charge in [-0.05, 0) is 48.9 Å². The molecule has 1 fully saturated rings. The Bertz CT molecular complexity index is 745. The number of fused-ring (bicyclic) bond motifs is 2. The largest absolute Gasteiger partial charge is 0.378 e. The Labute approximate surface area is 151 Å². The topological polar surface area (TPSA) is 12.5 Å². The lowest BCUT2D eigenvalue weighted by Crippen LogP contribution is -2.53. The van der Waals surface area contributed by atoms with E-state index in [1.807, 2.05) is 0 Å². The van der Waals surface area contributed by atoms with Gasteiger partial charge in [0.25, 0.3) is 0 Å². The predicted octanol–water partition coefficient (Wildman–Crippen LogP) is 4.45. The van der Waals surface area contributed by atoms with Gasteiger partial charge in [0.15, 0.2) is 0 Å². The minimum absolute atomic E-state index is 0.409. The highest BCUT2D eigenvalue weighted by molar-refractivity contribution is 5.37. The van der Waals surface area contributed by atoms with Crippen molar-refractivity contribution in [1.82, 2.24) is 4.90 Å². The van der Waals surface area contributed by atoms with Gasteiger partial charge in [-0.25, -0.2) is 0 Å². The van der Waals surface area contributed by atoms with Crippen LogP contribution in [0.5, 0.6) is 0 Å². The summed E-state index contributed by atoms with van der Waals surface area (Å²) in [6.07, 6.45) is 4.69. The van der Waals surface area contributed by atoms with Gasteiger partial charge in [-0.2, -0.15) is 0 Å². The molecule has 0 aromatic heterocycles. The molecule has 0 spiro atoms. The number of aryl methyl sites for hydroxylation is 2. The van der Waals surface area contributed by atoms with Crippen molar-refractivity contribution in [3.63, 3.8) is 0 Å². The Hall–Kier alpha value is -1.90. The van der Waals surface area contributed by atoms with Crippen molar-refractivity contribution in [2.24, 2.45) is 0 Å². The molecular weight excluding hydrogens is 306 g/mol. The Morgan fingerprint density at radius 3 is 2.44 bits per heavy atom. The van der Waals surface area contributed by atoms with E-state index in [4.69, 9.17) is 4.74 Å². The summed E-state index contributed by atoms with van der Waals surface area (Å²) in [7, 11) is 0. The maximum Gasteiger partial charge on any atom is 0.0658 e. The highest BCUT2D eigenvalue weighted by Crippen LogP contribution is 2.31. The van der Waals surface area contributed by atoms with Crippen LogP contribution >= 0.6 is 0 Å². The summed E-state index contributed by atoms with van der Waals surface area (Å²) in [6, 6.07) is 18.4. The SMILES string of the molecule is Cc1cccc(C)c1CC1=CC2COCC(C1)N2Cc1ccccc1. The normalized spacial score (nSPS) is 23.4. The molecule has 2 atom stereocenters. The van der Waals surface area contributed by atoms with Crippen LogP contribution < -0.4 is 0 Å². The van der Waals surface area contributed by atoms with E-state index in [9.17, 15) is 0 Å². The van der Waals surface area contributed by atoms with Crippen molar-refractivity contribution in [2.45, 2.75) is 45.3 Å². The van der Waals surface area contributed by atoms with Crippen molar-refractivity contribution in [1.29, 1.82) is 0 Å². The van der Waals surface area contributed by atoms with E-state index in [-0.39, 0.29) is 0 Å². The smallest absolute Gasteiger partial charge is 0.0658 e. The molecule has 1 saturated heterocycles. The lowest BCUT2D eigenvalue weighted by Gasteiger charge is -2.45. The third-order valence-corrected chi connectivity index (χ3v) is 5.68. The number of hydrogen-bond acceptors (Lipinski definition) is 2. The maximum atomic E-state index is 5.86. The number of ether oxygens (including phenoxy) is 1. The molecule has 2 heteroatoms. The fraction of sp³-hybridized carbons (Fsp3) is 0.391. The lowest BCUT2D eigenvalue weighted by molar-refractivity contribution is -0.0440. The molecule has 2 aliphatic rings. The van der Waals surface area contributed by atoms with Crippen LogP contribution in [-0.4, -0.2) is 30.2 Å². The summed E-state index contributed by atoms with van der Waals surface area (Å²) < 4.78 is 5.86. The summed E-state index contributed by atoms with van der Waals surface area (Å²) >= 11 is 0. The third kappa shape index (κ3) is 3.56. The average Bonchev–Trinajstić information content (AvgIpc) is 2.60. The molecule has 2 nitrogen and oxygen atoms in total. The van der Waals surface area contributed by atoms with Crippen molar-refractivity contribution in [3.05, 3.63) is 82.4 Å². The zero-order valence-corrected chi connectivity index (χ0v) is 15.2. The van der Waals surface area contributed by atoms with Crippen molar-refractivity contribution in [3.8, 4) is 0 Å². The fourth-order valence-electron chi connectivity index (χ4n) is 4.28. The molecule has 2 aliphatic heterocycles. The van der Waals surface area contributed by atoms with Gasteiger partial charge >= 0.3 is 0 Å². The molecule has 0 amide bonds. The zero-order chi connectivity index (χ0) is 17.2. The second-order valence-electron chi connectivity index (χ2n) is 7.49. The second-order valence-corrected chi connectivity index (χ2v) is 7.49. The van der Waals surface area contributed by atoms with Crippen molar-refractivity contribution < 1.29 is 4.74 Å². The standard InChI is InChI=1S/C23H27NO/c1-17-7-6-8-18(2)23(17)13-20-11-21-15-25-16-22(12-20)24(21)14-19-9-4-3-5-10-19/h3-11,21-22H,12-16H2,1-2H3. The Balaban J connectivity index is 1.55. The van der Waals surface area contributed by atoms with Gasteiger partial charge in [-0.1, -0.05) is 60.2 Å². The molecule has 2 aromatic rings. The van der Waals surface area contributed by atoms with E-state index in [0.717, 1.165) is 32.6 Å². The van der Waals surface area contributed by atoms with Gasteiger partial charge in [0, 0.05) is 12.6 Å². The van der Waals surface area contributed by atoms with Gasteiger partial charge in [-0.3, -0.25) is 4.90 Å². The molecule has 0 N–H and O–H groups in total. The first kappa shape index (κ1) is 16.6. The monoisotopic (exact) mass is 333 g/mol. The number of morpholine rings is 1. The highest BCUT2D eigenvalue weighted by atomic mass is 16.5. The van der Waals surface area contributed by atoms with E-state index in [1.165, 1.54) is 22.3 Å². The van der Waals surface area contributed by atoms with E-state index >= 15 is 0 Å². The van der Waals surface area contributed by atoms with E-state index in [1.54, 1.807) is 5.57 Å². The number of hydrogen-bond donors (Lipinski definition) is 0. The van der Waals surface area contributed by atoms with Gasteiger partial charge in [0.1, 0.15) is 0 Å². The first-order chi connectivity index (χ1) is 12.2. The predicted molar refractivity (Wildman–Crippen MR) is 103 cm³/mol. The number of rotatable bonds is 4. The summed E-state index contributed by atoms with van der Waals surface area (Å²) in [6.45, 7) is 7.16. The third-order valence-electron chi connectivity index (χ3n) is 5.68. The number of benzene rings is 2. The van der Waals surface area contributed by atoms with Crippen LogP contribution in [0.25, 0.3) is 0 Å². The molecule has 0 aliphatic carbocycles. The average molecular weight is 333 g/mol. The molecule has 2 aromatic carbocycles. The molecular formula is C23H27NO. The molecule has 4 rings (SSSR count). The maximum absolute atomic E-state index is 5.86. The summed E-state index contributed by atoms with van der Waals surface area (Å²) in [4.78, 5) is 2.63.